The summed E-state index contributed by atoms with van der Waals surface area (Å²) in [6, 6.07) is 0.0514. The van der Waals surface area contributed by atoms with E-state index in [2.05, 4.69) is 5.32 Å². The van der Waals surface area contributed by atoms with Gasteiger partial charge in [-0.15, -0.1) is 0 Å². The molecule has 1 radical (unpaired) electrons. The molecule has 2 fully saturated rings. The summed E-state index contributed by atoms with van der Waals surface area (Å²) in [5.41, 5.74) is 0. The molecule has 19 heavy (non-hydrogen) atoms. The van der Waals surface area contributed by atoms with Gasteiger partial charge < -0.3 is 4.90 Å². The van der Waals surface area contributed by atoms with Crippen molar-refractivity contribution in [3.05, 3.63) is 0 Å². The van der Waals surface area contributed by atoms with Crippen molar-refractivity contribution in [1.29, 1.82) is 0 Å². The zero-order chi connectivity index (χ0) is 13.3. The third-order valence-electron chi connectivity index (χ3n) is 4.64. The van der Waals surface area contributed by atoms with Gasteiger partial charge in [0.15, 0.2) is 0 Å². The van der Waals surface area contributed by atoms with Crippen LogP contribution in [0.1, 0.15) is 70.6 Å². The second kappa shape index (κ2) is 8.44. The average molecular weight is 265 g/mol. The molecule has 1 heterocycles. The van der Waals surface area contributed by atoms with Crippen molar-refractivity contribution < 1.29 is 4.79 Å². The second-order valence-corrected chi connectivity index (χ2v) is 6.21. The van der Waals surface area contributed by atoms with E-state index in [1.807, 2.05) is 4.90 Å². The monoisotopic (exact) mass is 265 g/mol. The van der Waals surface area contributed by atoms with Crippen LogP contribution in [0.3, 0.4) is 0 Å². The molecule has 3 nitrogen and oxygen atoms in total. The maximum Gasteiger partial charge on any atom is 0.338 e. The van der Waals surface area contributed by atoms with Gasteiger partial charge in [-0.05, 0) is 25.2 Å². The molecular formula is C16H29N2O. The summed E-state index contributed by atoms with van der Waals surface area (Å²) >= 11 is 0. The Morgan fingerprint density at radius 1 is 0.895 bits per heavy atom. The first-order valence-corrected chi connectivity index (χ1v) is 8.32. The lowest BCUT2D eigenvalue weighted by atomic mass is 9.97. The first-order chi connectivity index (χ1) is 9.36. The van der Waals surface area contributed by atoms with Gasteiger partial charge in [-0.1, -0.05) is 51.4 Å². The predicted octanol–water partition coefficient (Wildman–Crippen LogP) is 3.95. The first kappa shape index (κ1) is 14.7. The molecule has 2 amide bonds. The van der Waals surface area contributed by atoms with Crippen molar-refractivity contribution in [1.82, 2.24) is 10.2 Å². The van der Waals surface area contributed by atoms with Gasteiger partial charge in [0, 0.05) is 19.6 Å². The van der Waals surface area contributed by atoms with Gasteiger partial charge in [0.2, 0.25) is 0 Å². The smallest absolute Gasteiger partial charge is 0.323 e. The lowest BCUT2D eigenvalue weighted by Crippen LogP contribution is -2.37. The minimum atomic E-state index is 0.0514. The van der Waals surface area contributed by atoms with E-state index in [9.17, 15) is 4.79 Å². The van der Waals surface area contributed by atoms with E-state index in [4.69, 9.17) is 0 Å². The quantitative estimate of drug-likeness (QED) is 0.711. The lowest BCUT2D eigenvalue weighted by molar-refractivity contribution is 0.198. The molecule has 1 saturated heterocycles. The number of urea groups is 1. The molecule has 1 aliphatic heterocycles. The van der Waals surface area contributed by atoms with Gasteiger partial charge in [-0.3, -0.25) is 0 Å². The van der Waals surface area contributed by atoms with E-state index >= 15 is 0 Å². The zero-order valence-corrected chi connectivity index (χ0v) is 12.3. The van der Waals surface area contributed by atoms with Crippen molar-refractivity contribution in [3.63, 3.8) is 0 Å². The molecule has 2 aliphatic rings. The van der Waals surface area contributed by atoms with Gasteiger partial charge in [0.25, 0.3) is 0 Å². The summed E-state index contributed by atoms with van der Waals surface area (Å²) in [6.45, 7) is 2.59. The van der Waals surface area contributed by atoms with Crippen molar-refractivity contribution in [2.45, 2.75) is 70.6 Å². The van der Waals surface area contributed by atoms with Crippen LogP contribution < -0.4 is 5.32 Å². The minimum Gasteiger partial charge on any atom is -0.323 e. The van der Waals surface area contributed by atoms with Crippen LogP contribution in [-0.2, 0) is 0 Å². The van der Waals surface area contributed by atoms with Gasteiger partial charge >= 0.3 is 6.03 Å². The summed E-state index contributed by atoms with van der Waals surface area (Å²) in [5, 5.41) is 4.30. The Hall–Kier alpha value is -0.730. The Kier molecular flexibility index (Phi) is 6.52. The largest absolute Gasteiger partial charge is 0.338 e. The van der Waals surface area contributed by atoms with E-state index in [1.54, 1.807) is 0 Å². The maximum atomic E-state index is 12.0. The maximum absolute atomic E-state index is 12.0. The summed E-state index contributed by atoms with van der Waals surface area (Å²) in [4.78, 5) is 14.0. The fourth-order valence-electron chi connectivity index (χ4n) is 3.36. The number of hydrogen-bond donors (Lipinski definition) is 0. The fourth-order valence-corrected chi connectivity index (χ4v) is 3.36. The first-order valence-electron chi connectivity index (χ1n) is 8.32. The van der Waals surface area contributed by atoms with E-state index in [1.165, 1.54) is 51.4 Å². The molecular weight excluding hydrogens is 236 g/mol. The third kappa shape index (κ3) is 5.42. The van der Waals surface area contributed by atoms with Gasteiger partial charge in [-0.2, -0.15) is 0 Å². The minimum absolute atomic E-state index is 0.0514. The Morgan fingerprint density at radius 2 is 1.47 bits per heavy atom. The predicted molar refractivity (Wildman–Crippen MR) is 78.2 cm³/mol. The number of nitrogens with zero attached hydrogens (tertiary/aromatic N) is 2. The van der Waals surface area contributed by atoms with Gasteiger partial charge in [0.1, 0.15) is 0 Å². The van der Waals surface area contributed by atoms with Crippen LogP contribution in [0, 0.1) is 5.92 Å². The molecule has 0 atom stereocenters. The number of amides is 2. The normalized spacial score (nSPS) is 22.6. The van der Waals surface area contributed by atoms with Crippen molar-refractivity contribution in [2.75, 3.05) is 19.6 Å². The number of carbonyl (C=O) groups is 1. The van der Waals surface area contributed by atoms with E-state index in [0.717, 1.165) is 44.8 Å². The van der Waals surface area contributed by atoms with Gasteiger partial charge in [0.05, 0.1) is 0 Å². The lowest BCUT2D eigenvalue weighted by Gasteiger charge is -2.20. The number of likely N-dealkylation sites (tertiary alicyclic amines) is 1. The second-order valence-electron chi connectivity index (χ2n) is 6.21. The van der Waals surface area contributed by atoms with E-state index in [0.29, 0.717) is 0 Å². The topological polar surface area (TPSA) is 34.4 Å². The number of hydrogen-bond acceptors (Lipinski definition) is 1. The molecule has 3 heteroatoms. The van der Waals surface area contributed by atoms with Crippen LogP contribution in [0.5, 0.6) is 0 Å². The molecule has 0 aromatic carbocycles. The number of rotatable bonds is 3. The van der Waals surface area contributed by atoms with E-state index in [-0.39, 0.29) is 6.03 Å². The molecule has 0 N–H and O–H groups in total. The highest BCUT2D eigenvalue weighted by atomic mass is 16.2. The molecule has 0 unspecified atom stereocenters. The highest BCUT2D eigenvalue weighted by molar-refractivity contribution is 5.73. The molecule has 0 bridgehead atoms. The Labute approximate surface area is 118 Å². The highest BCUT2D eigenvalue weighted by Crippen LogP contribution is 2.25. The fraction of sp³-hybridized carbons (Fsp3) is 0.938. The molecule has 0 aromatic heterocycles. The molecule has 0 aromatic rings. The van der Waals surface area contributed by atoms with Crippen LogP contribution in [0.15, 0.2) is 0 Å². The molecule has 2 rings (SSSR count). The molecule has 109 valence electrons. The van der Waals surface area contributed by atoms with Gasteiger partial charge in [-0.25, -0.2) is 10.1 Å². The van der Waals surface area contributed by atoms with Crippen molar-refractivity contribution in [3.8, 4) is 0 Å². The Morgan fingerprint density at radius 3 is 2.11 bits per heavy atom. The van der Waals surface area contributed by atoms with Crippen LogP contribution >= 0.6 is 0 Å². The summed E-state index contributed by atoms with van der Waals surface area (Å²) in [6.07, 6.45) is 14.3. The van der Waals surface area contributed by atoms with Crippen LogP contribution in [0.2, 0.25) is 0 Å². The Balaban J connectivity index is 1.62. The van der Waals surface area contributed by atoms with Crippen molar-refractivity contribution >= 4 is 6.03 Å². The SMILES string of the molecule is O=C([N]CCC1CCCCCC1)N1CCCCCC1. The summed E-state index contributed by atoms with van der Waals surface area (Å²) in [7, 11) is 0. The standard InChI is InChI=1S/C16H29N2O/c19-16(18-13-7-3-4-8-14-18)17-12-11-15-9-5-1-2-6-10-15/h15H,1-14H2. The van der Waals surface area contributed by atoms with Crippen molar-refractivity contribution in [2.24, 2.45) is 5.92 Å². The summed E-state index contributed by atoms with van der Waals surface area (Å²) in [5.74, 6) is 0.822. The summed E-state index contributed by atoms with van der Waals surface area (Å²) < 4.78 is 0. The van der Waals surface area contributed by atoms with E-state index < -0.39 is 0 Å². The molecule has 1 saturated carbocycles. The third-order valence-corrected chi connectivity index (χ3v) is 4.64. The zero-order valence-electron chi connectivity index (χ0n) is 12.3. The van der Waals surface area contributed by atoms with Crippen LogP contribution in [-0.4, -0.2) is 30.6 Å². The average Bonchev–Trinajstić information content (AvgIpc) is 2.83. The highest BCUT2D eigenvalue weighted by Gasteiger charge is 2.17. The van der Waals surface area contributed by atoms with Crippen LogP contribution in [0.25, 0.3) is 0 Å². The Bertz CT molecular complexity index is 251. The molecule has 1 aliphatic carbocycles. The van der Waals surface area contributed by atoms with Crippen LogP contribution in [0.4, 0.5) is 4.79 Å². The molecule has 0 spiro atoms. The number of carbonyl (C=O) groups excluding carboxylic acids is 1.